The zero-order valence-electron chi connectivity index (χ0n) is 10.7. The fourth-order valence-electron chi connectivity index (χ4n) is 1.86. The predicted octanol–water partition coefficient (Wildman–Crippen LogP) is 3.54. The molecule has 0 atom stereocenters. The summed E-state index contributed by atoms with van der Waals surface area (Å²) in [5.41, 5.74) is 1.10. The molecule has 6 heteroatoms. The van der Waals surface area contributed by atoms with Crippen LogP contribution in [0.2, 0.25) is 0 Å². The summed E-state index contributed by atoms with van der Waals surface area (Å²) in [6.07, 6.45) is 3.36. The van der Waals surface area contributed by atoms with E-state index in [0.29, 0.717) is 5.92 Å². The van der Waals surface area contributed by atoms with Gasteiger partial charge >= 0.3 is 0 Å². The van der Waals surface area contributed by atoms with E-state index in [2.05, 4.69) is 41.6 Å². The molecule has 4 nitrogen and oxygen atoms in total. The van der Waals surface area contributed by atoms with E-state index in [1.54, 1.807) is 11.3 Å². The first-order valence-electron chi connectivity index (χ1n) is 6.40. The molecule has 0 saturated heterocycles. The second kappa shape index (κ2) is 5.54. The van der Waals surface area contributed by atoms with Gasteiger partial charge in [0.05, 0.1) is 5.01 Å². The Kier molecular flexibility index (Phi) is 3.79. The summed E-state index contributed by atoms with van der Waals surface area (Å²) in [6, 6.07) is 1.93. The van der Waals surface area contributed by atoms with Crippen LogP contribution in [0.1, 0.15) is 35.3 Å². The molecule has 0 radical (unpaired) electrons. The van der Waals surface area contributed by atoms with Crippen molar-refractivity contribution in [3.8, 4) is 0 Å². The maximum atomic E-state index is 4.56. The number of nitrogens with zero attached hydrogens (tertiary/aromatic N) is 3. The third-order valence-corrected chi connectivity index (χ3v) is 4.40. The molecule has 2 aromatic rings. The Hall–Kier alpha value is -1.01. The van der Waals surface area contributed by atoms with Crippen LogP contribution < -0.4 is 5.32 Å². The minimum Gasteiger partial charge on any atom is -0.370 e. The lowest BCUT2D eigenvalue weighted by Gasteiger charge is -2.06. The molecule has 1 fully saturated rings. The Balaban J connectivity index is 1.60. The molecule has 2 heterocycles. The Labute approximate surface area is 124 Å². The molecule has 0 aliphatic heterocycles. The lowest BCUT2D eigenvalue weighted by atomic mass is 10.4. The van der Waals surface area contributed by atoms with Crippen LogP contribution >= 0.6 is 27.3 Å². The van der Waals surface area contributed by atoms with Gasteiger partial charge < -0.3 is 5.32 Å². The number of aromatic nitrogens is 3. The lowest BCUT2D eigenvalue weighted by Crippen LogP contribution is -2.08. The van der Waals surface area contributed by atoms with E-state index in [9.17, 15) is 0 Å². The van der Waals surface area contributed by atoms with Crippen molar-refractivity contribution in [2.75, 3.05) is 11.9 Å². The third-order valence-electron chi connectivity index (χ3n) is 2.97. The fourth-order valence-corrected chi connectivity index (χ4v) is 3.04. The van der Waals surface area contributed by atoms with Crippen molar-refractivity contribution in [2.24, 2.45) is 0 Å². The summed E-state index contributed by atoms with van der Waals surface area (Å²) >= 11 is 5.16. The minimum atomic E-state index is 0.569. The largest absolute Gasteiger partial charge is 0.370 e. The minimum absolute atomic E-state index is 0.569. The number of anilines is 1. The quantitative estimate of drug-likeness (QED) is 0.847. The molecule has 2 aromatic heterocycles. The van der Waals surface area contributed by atoms with E-state index in [-0.39, 0.29) is 0 Å². The summed E-state index contributed by atoms with van der Waals surface area (Å²) in [5, 5.41) is 6.60. The summed E-state index contributed by atoms with van der Waals surface area (Å²) in [4.78, 5) is 13.4. The molecule has 1 N–H and O–H groups in total. The van der Waals surface area contributed by atoms with Gasteiger partial charge in [0.25, 0.3) is 0 Å². The zero-order valence-corrected chi connectivity index (χ0v) is 13.1. The van der Waals surface area contributed by atoms with Gasteiger partial charge in [-0.1, -0.05) is 0 Å². The van der Waals surface area contributed by atoms with Gasteiger partial charge in [-0.25, -0.2) is 15.0 Å². The third kappa shape index (κ3) is 3.51. The standard InChI is InChI=1S/C13H15BrN4S/c1-8-7-19-12(16-8)4-5-15-11-6-10(14)17-13(18-11)9-2-3-9/h6-7,9H,2-5H2,1H3,(H,15,17,18). The van der Waals surface area contributed by atoms with Gasteiger partial charge in [-0.3, -0.25) is 0 Å². The van der Waals surface area contributed by atoms with Crippen molar-refractivity contribution in [2.45, 2.75) is 32.1 Å². The number of hydrogen-bond donors (Lipinski definition) is 1. The second-order valence-electron chi connectivity index (χ2n) is 4.77. The SMILES string of the molecule is Cc1csc(CCNc2cc(Br)nc(C3CC3)n2)n1. The molecule has 0 amide bonds. The fraction of sp³-hybridized carbons (Fsp3) is 0.462. The van der Waals surface area contributed by atoms with Crippen LogP contribution in [0.3, 0.4) is 0 Å². The second-order valence-corrected chi connectivity index (χ2v) is 6.52. The maximum Gasteiger partial charge on any atom is 0.135 e. The van der Waals surface area contributed by atoms with Crippen molar-refractivity contribution >= 4 is 33.1 Å². The Bertz CT molecular complexity index is 580. The van der Waals surface area contributed by atoms with Crippen molar-refractivity contribution in [1.82, 2.24) is 15.0 Å². The molecule has 0 aromatic carbocycles. The van der Waals surface area contributed by atoms with Crippen molar-refractivity contribution in [3.05, 3.63) is 32.6 Å². The van der Waals surface area contributed by atoms with Gasteiger partial charge in [0.1, 0.15) is 16.2 Å². The summed E-state index contributed by atoms with van der Waals surface area (Å²) in [7, 11) is 0. The van der Waals surface area contributed by atoms with Gasteiger partial charge in [0.15, 0.2) is 0 Å². The van der Waals surface area contributed by atoms with Crippen LogP contribution in [0.4, 0.5) is 5.82 Å². The van der Waals surface area contributed by atoms with Crippen molar-refractivity contribution in [3.63, 3.8) is 0 Å². The average molecular weight is 339 g/mol. The smallest absolute Gasteiger partial charge is 0.135 e. The van der Waals surface area contributed by atoms with E-state index in [4.69, 9.17) is 0 Å². The molecule has 1 saturated carbocycles. The van der Waals surface area contributed by atoms with E-state index in [1.165, 1.54) is 17.8 Å². The number of aryl methyl sites for hydroxylation is 1. The van der Waals surface area contributed by atoms with E-state index < -0.39 is 0 Å². The zero-order chi connectivity index (χ0) is 13.2. The number of halogens is 1. The molecule has 3 rings (SSSR count). The molecule has 1 aliphatic rings. The summed E-state index contributed by atoms with van der Waals surface area (Å²) in [5.74, 6) is 2.43. The number of rotatable bonds is 5. The summed E-state index contributed by atoms with van der Waals surface area (Å²) in [6.45, 7) is 2.87. The highest BCUT2D eigenvalue weighted by Crippen LogP contribution is 2.38. The Morgan fingerprint density at radius 1 is 1.37 bits per heavy atom. The first-order valence-corrected chi connectivity index (χ1v) is 8.07. The summed E-state index contributed by atoms with van der Waals surface area (Å²) < 4.78 is 0.858. The van der Waals surface area contributed by atoms with E-state index in [0.717, 1.165) is 34.9 Å². The molecular weight excluding hydrogens is 324 g/mol. The first kappa shape index (κ1) is 13.0. The molecule has 19 heavy (non-hydrogen) atoms. The average Bonchev–Trinajstić information content (AvgIpc) is 3.13. The number of thiazole rings is 1. The normalized spacial score (nSPS) is 14.6. The van der Waals surface area contributed by atoms with Gasteiger partial charge in [0, 0.05) is 36.0 Å². The molecule has 100 valence electrons. The molecule has 0 spiro atoms. The molecule has 0 unspecified atom stereocenters. The van der Waals surface area contributed by atoms with Crippen LogP contribution in [-0.4, -0.2) is 21.5 Å². The first-order chi connectivity index (χ1) is 9.20. The molecule has 0 bridgehead atoms. The molecule has 1 aliphatic carbocycles. The van der Waals surface area contributed by atoms with Crippen LogP contribution in [0.15, 0.2) is 16.0 Å². The maximum absolute atomic E-state index is 4.56. The predicted molar refractivity (Wildman–Crippen MR) is 80.8 cm³/mol. The van der Waals surface area contributed by atoms with E-state index >= 15 is 0 Å². The Morgan fingerprint density at radius 2 is 2.21 bits per heavy atom. The van der Waals surface area contributed by atoms with Gasteiger partial charge in [0.2, 0.25) is 0 Å². The van der Waals surface area contributed by atoms with Crippen molar-refractivity contribution < 1.29 is 0 Å². The van der Waals surface area contributed by atoms with Gasteiger partial charge in [-0.15, -0.1) is 11.3 Å². The van der Waals surface area contributed by atoms with Crippen LogP contribution in [0.5, 0.6) is 0 Å². The Morgan fingerprint density at radius 3 is 2.89 bits per heavy atom. The number of hydrogen-bond acceptors (Lipinski definition) is 5. The van der Waals surface area contributed by atoms with Gasteiger partial charge in [-0.2, -0.15) is 0 Å². The highest BCUT2D eigenvalue weighted by atomic mass is 79.9. The monoisotopic (exact) mass is 338 g/mol. The van der Waals surface area contributed by atoms with Crippen LogP contribution in [0.25, 0.3) is 0 Å². The highest BCUT2D eigenvalue weighted by molar-refractivity contribution is 9.10. The lowest BCUT2D eigenvalue weighted by molar-refractivity contribution is 0.903. The van der Waals surface area contributed by atoms with Crippen LogP contribution in [0, 0.1) is 6.92 Å². The van der Waals surface area contributed by atoms with Crippen LogP contribution in [-0.2, 0) is 6.42 Å². The van der Waals surface area contributed by atoms with Gasteiger partial charge in [-0.05, 0) is 35.7 Å². The molecular formula is C13H15BrN4S. The number of nitrogens with one attached hydrogen (secondary N) is 1. The highest BCUT2D eigenvalue weighted by Gasteiger charge is 2.27. The van der Waals surface area contributed by atoms with E-state index in [1.807, 2.05) is 13.0 Å². The topological polar surface area (TPSA) is 50.7 Å². The van der Waals surface area contributed by atoms with Crippen molar-refractivity contribution in [1.29, 1.82) is 0 Å².